The van der Waals surface area contributed by atoms with Gasteiger partial charge in [0.05, 0.1) is 0 Å². The van der Waals surface area contributed by atoms with Crippen LogP contribution in [-0.2, 0) is 4.79 Å². The minimum absolute atomic E-state index is 0.0197. The van der Waals surface area contributed by atoms with Crippen LogP contribution in [0.15, 0.2) is 0 Å². The summed E-state index contributed by atoms with van der Waals surface area (Å²) in [5.41, 5.74) is 0. The predicted molar refractivity (Wildman–Crippen MR) is 50.4 cm³/mol. The predicted octanol–water partition coefficient (Wildman–Crippen LogP) is 1.51. The van der Waals surface area contributed by atoms with Gasteiger partial charge in [-0.15, -0.1) is 11.8 Å². The van der Waals surface area contributed by atoms with Gasteiger partial charge in [0.1, 0.15) is 5.25 Å². The number of aliphatic carboxylic acids is 1. The first-order chi connectivity index (χ1) is 5.13. The molecule has 1 aliphatic heterocycles. The van der Waals surface area contributed by atoms with E-state index in [0.717, 1.165) is 12.2 Å². The Balaban J connectivity index is 2.58. The highest BCUT2D eigenvalue weighted by molar-refractivity contribution is 8.01. The summed E-state index contributed by atoms with van der Waals surface area (Å²) in [6, 6.07) is 0. The Morgan fingerprint density at radius 3 is 2.82 bits per heavy atom. The number of carboxylic acids is 1. The van der Waals surface area contributed by atoms with Crippen LogP contribution in [0.4, 0.5) is 0 Å². The van der Waals surface area contributed by atoms with Crippen molar-refractivity contribution in [1.82, 2.24) is 0 Å². The quantitative estimate of drug-likeness (QED) is 0.618. The molecule has 0 aromatic heterocycles. The summed E-state index contributed by atoms with van der Waals surface area (Å²) in [5, 5.41) is 8.47. The lowest BCUT2D eigenvalue weighted by Gasteiger charge is -2.29. The number of carbonyl (C=O) groups is 1. The van der Waals surface area contributed by atoms with E-state index in [0.29, 0.717) is 5.92 Å². The lowest BCUT2D eigenvalue weighted by Crippen LogP contribution is -2.36. The molecule has 64 valence electrons. The van der Waals surface area contributed by atoms with Gasteiger partial charge < -0.3 is 5.11 Å². The summed E-state index contributed by atoms with van der Waals surface area (Å²) in [6.45, 7) is 2.06. The third-order valence-corrected chi connectivity index (χ3v) is 4.34. The van der Waals surface area contributed by atoms with E-state index in [1.54, 1.807) is 0 Å². The van der Waals surface area contributed by atoms with Crippen LogP contribution in [-0.4, -0.2) is 27.3 Å². The third kappa shape index (κ3) is 2.06. The smallest absolute Gasteiger partial charge is 0.317 e. The summed E-state index contributed by atoms with van der Waals surface area (Å²) in [6.07, 6.45) is 1.09. The van der Waals surface area contributed by atoms with Crippen molar-refractivity contribution in [1.29, 1.82) is 0 Å². The van der Waals surface area contributed by atoms with Crippen LogP contribution in [0.3, 0.4) is 0 Å². The number of thioether (sulfide) groups is 1. The van der Waals surface area contributed by atoms with Crippen LogP contribution >= 0.6 is 24.4 Å². The van der Waals surface area contributed by atoms with Crippen molar-refractivity contribution >= 4 is 30.4 Å². The van der Waals surface area contributed by atoms with Crippen molar-refractivity contribution in [2.45, 2.75) is 23.8 Å². The Morgan fingerprint density at radius 2 is 2.36 bits per heavy atom. The van der Waals surface area contributed by atoms with Gasteiger partial charge in [0.15, 0.2) is 0 Å². The average molecular weight is 192 g/mol. The van der Waals surface area contributed by atoms with Crippen molar-refractivity contribution in [2.75, 3.05) is 5.75 Å². The molecular formula is C7H12O2S2. The van der Waals surface area contributed by atoms with Gasteiger partial charge in [0.25, 0.3) is 0 Å². The molecule has 2 nitrogen and oxygen atoms in total. The van der Waals surface area contributed by atoms with Crippen LogP contribution in [0.1, 0.15) is 13.3 Å². The van der Waals surface area contributed by atoms with Gasteiger partial charge in [-0.3, -0.25) is 4.79 Å². The first kappa shape index (κ1) is 9.26. The molecule has 3 atom stereocenters. The van der Waals surface area contributed by atoms with E-state index in [1.807, 2.05) is 0 Å². The Kier molecular flexibility index (Phi) is 3.13. The first-order valence-corrected chi connectivity index (χ1v) is 5.22. The van der Waals surface area contributed by atoms with Crippen LogP contribution in [0.5, 0.6) is 0 Å². The van der Waals surface area contributed by atoms with E-state index in [1.165, 1.54) is 11.8 Å². The number of hydrogen-bond acceptors (Lipinski definition) is 3. The van der Waals surface area contributed by atoms with Gasteiger partial charge in [0, 0.05) is 5.25 Å². The molecule has 3 unspecified atom stereocenters. The fraction of sp³-hybridized carbons (Fsp3) is 0.857. The van der Waals surface area contributed by atoms with Crippen molar-refractivity contribution in [3.05, 3.63) is 0 Å². The minimum atomic E-state index is -0.721. The van der Waals surface area contributed by atoms with E-state index >= 15 is 0 Å². The SMILES string of the molecule is CC1CCSC(C(=O)O)C1S. The second kappa shape index (κ2) is 3.72. The van der Waals surface area contributed by atoms with Crippen LogP contribution in [0.2, 0.25) is 0 Å². The summed E-state index contributed by atoms with van der Waals surface area (Å²) < 4.78 is 0. The minimum Gasteiger partial charge on any atom is -0.480 e. The topological polar surface area (TPSA) is 37.3 Å². The summed E-state index contributed by atoms with van der Waals surface area (Å²) in [7, 11) is 0. The van der Waals surface area contributed by atoms with Gasteiger partial charge in [-0.25, -0.2) is 0 Å². The molecule has 11 heavy (non-hydrogen) atoms. The summed E-state index contributed by atoms with van der Waals surface area (Å²) in [5.74, 6) is 0.664. The van der Waals surface area contributed by atoms with Crippen molar-refractivity contribution in [3.8, 4) is 0 Å². The molecule has 1 heterocycles. The lowest BCUT2D eigenvalue weighted by molar-refractivity contribution is -0.136. The van der Waals surface area contributed by atoms with E-state index in [4.69, 9.17) is 5.11 Å². The Bertz CT molecular complexity index is 161. The molecule has 1 fully saturated rings. The highest BCUT2D eigenvalue weighted by atomic mass is 32.2. The number of carboxylic acid groups (broad SMARTS) is 1. The maximum absolute atomic E-state index is 10.6. The monoisotopic (exact) mass is 192 g/mol. The second-order valence-corrected chi connectivity index (χ2v) is 4.73. The number of hydrogen-bond donors (Lipinski definition) is 2. The Labute approximate surface area is 76.2 Å². The maximum Gasteiger partial charge on any atom is 0.317 e. The zero-order chi connectivity index (χ0) is 8.43. The molecule has 0 bridgehead atoms. The largest absolute Gasteiger partial charge is 0.480 e. The molecule has 1 rings (SSSR count). The van der Waals surface area contributed by atoms with Crippen LogP contribution in [0, 0.1) is 5.92 Å². The van der Waals surface area contributed by atoms with E-state index in [2.05, 4.69) is 19.6 Å². The molecule has 0 aliphatic carbocycles. The Morgan fingerprint density at radius 1 is 1.73 bits per heavy atom. The molecule has 1 N–H and O–H groups in total. The second-order valence-electron chi connectivity index (χ2n) is 2.89. The highest BCUT2D eigenvalue weighted by Gasteiger charge is 2.33. The summed E-state index contributed by atoms with van der Waals surface area (Å²) >= 11 is 5.80. The fourth-order valence-corrected chi connectivity index (χ4v) is 3.07. The van der Waals surface area contributed by atoms with Gasteiger partial charge in [-0.05, 0) is 18.1 Å². The zero-order valence-corrected chi connectivity index (χ0v) is 8.07. The van der Waals surface area contributed by atoms with Gasteiger partial charge in [0.2, 0.25) is 0 Å². The molecule has 0 radical (unpaired) electrons. The normalized spacial score (nSPS) is 38.5. The average Bonchev–Trinajstić information content (AvgIpc) is 1.94. The van der Waals surface area contributed by atoms with Gasteiger partial charge in [-0.2, -0.15) is 12.6 Å². The molecule has 0 saturated carbocycles. The van der Waals surface area contributed by atoms with E-state index in [9.17, 15) is 4.79 Å². The standard InChI is InChI=1S/C7H12O2S2/c1-4-2-3-11-6(5(4)10)7(8)9/h4-6,10H,2-3H2,1H3,(H,8,9). The third-order valence-electron chi connectivity index (χ3n) is 2.01. The molecule has 4 heteroatoms. The van der Waals surface area contributed by atoms with Gasteiger partial charge in [-0.1, -0.05) is 6.92 Å². The molecule has 1 aliphatic rings. The number of thiol groups is 1. The lowest BCUT2D eigenvalue weighted by atomic mass is 10.0. The first-order valence-electron chi connectivity index (χ1n) is 3.65. The van der Waals surface area contributed by atoms with Crippen molar-refractivity contribution in [2.24, 2.45) is 5.92 Å². The highest BCUT2D eigenvalue weighted by Crippen LogP contribution is 2.33. The molecule has 0 spiro atoms. The fourth-order valence-electron chi connectivity index (χ4n) is 1.17. The summed E-state index contributed by atoms with van der Waals surface area (Å²) in [4.78, 5) is 10.6. The van der Waals surface area contributed by atoms with E-state index < -0.39 is 5.97 Å². The van der Waals surface area contributed by atoms with Crippen LogP contribution in [0.25, 0.3) is 0 Å². The van der Waals surface area contributed by atoms with Gasteiger partial charge >= 0.3 is 5.97 Å². The zero-order valence-electron chi connectivity index (χ0n) is 6.36. The van der Waals surface area contributed by atoms with E-state index in [-0.39, 0.29) is 10.5 Å². The molecular weight excluding hydrogens is 180 g/mol. The molecule has 0 aromatic rings. The van der Waals surface area contributed by atoms with Crippen molar-refractivity contribution < 1.29 is 9.90 Å². The number of rotatable bonds is 1. The van der Waals surface area contributed by atoms with Crippen LogP contribution < -0.4 is 0 Å². The molecule has 1 saturated heterocycles. The molecule has 0 amide bonds. The maximum atomic E-state index is 10.6. The molecule has 0 aromatic carbocycles. The van der Waals surface area contributed by atoms with Crippen molar-refractivity contribution in [3.63, 3.8) is 0 Å². The Hall–Kier alpha value is 0.170.